The number of hydrazone groups is 2. The summed E-state index contributed by atoms with van der Waals surface area (Å²) in [5.41, 5.74) is 9.79. The lowest BCUT2D eigenvalue weighted by atomic mass is 9.75. The van der Waals surface area contributed by atoms with E-state index >= 15 is 0 Å². The van der Waals surface area contributed by atoms with Crippen molar-refractivity contribution in [2.75, 3.05) is 48.0 Å². The molecule has 7 atom stereocenters. The van der Waals surface area contributed by atoms with Gasteiger partial charge in [0, 0.05) is 44.7 Å². The maximum absolute atomic E-state index is 14.1. The van der Waals surface area contributed by atoms with Crippen LogP contribution in [0.3, 0.4) is 0 Å². The first-order valence-electron chi connectivity index (χ1n) is 44.7. The van der Waals surface area contributed by atoms with E-state index in [-0.39, 0.29) is 89.7 Å². The number of hydrogen-bond donors (Lipinski definition) is 5. The molecule has 10 aromatic carbocycles. The number of ether oxygens (including phenoxy) is 6. The molecule has 0 spiro atoms. The molecule has 5 amide bonds. The molecule has 14 aromatic rings. The van der Waals surface area contributed by atoms with Gasteiger partial charge in [-0.15, -0.1) is 25.0 Å². The second-order valence-corrected chi connectivity index (χ2v) is 36.7. The summed E-state index contributed by atoms with van der Waals surface area (Å²) >= 11 is 36.0. The third-order valence-electron chi connectivity index (χ3n) is 23.1. The third-order valence-corrected chi connectivity index (χ3v) is 25.4. The number of para-hydroxylation sites is 1. The SMILES string of the molecule is CCC(Oc1ccc(C)cc1C)C(=O)Nc1cccc(C(=O)NC2=NN(c3c(Cl)cc(Cl)cc3Cl)C(=O)C2N=Nc2ccc(OC)cc2)c1.CCCCOC(=O)C(CC(C)c1ccccc1)CC(C)(CC)C(=O)NC1=NN(c2c(Cl)cc(Cl)cc2Cl)C(=O)C1n1cccn1.COc1cccc(OC)c1Oc1nn2[nH]c(-c3cccc(NS(=O)Oc4cc(C)ccc4C)c3)nc2c1-n1nnc2ccc(C)cc21. The van der Waals surface area contributed by atoms with Crippen molar-refractivity contribution in [3.05, 3.63) is 288 Å². The van der Waals surface area contributed by atoms with Crippen LogP contribution in [0.2, 0.25) is 30.1 Å². The van der Waals surface area contributed by atoms with Crippen LogP contribution in [0.4, 0.5) is 28.4 Å². The molecular weight excluding hydrogens is 1950 g/mol. The van der Waals surface area contributed by atoms with E-state index < -0.39 is 58.5 Å². The standard InChI is InChI=1S/C35H31Cl3N6O5.C33H38Cl3N5O4.C33H30N8O5S/c1-5-28(49-29-14-9-19(2)15-20(29)3)34(46)39-24-8-6-7-21(16-24)33(45)40-32-30(42-41-23-10-12-25(48-4)13-11-23)35(47)44(43-32)31-26(37)17-22(36)18-27(31)38;1-5-7-16-45-31(43)23(17-21(3)22-12-9-8-10-13-22)20-33(4,6-2)32(44)38-29-28(40-15-11-14-37-40)30(42)41(39-29)27-25(35)18-24(34)19-26(27)36;1-19-13-15-24-25(16-19)40(39-35-24)29-32-34-31(36-41(32)37-33(29)45-30-26(43-4)10-7-11-27(30)44-5)22-8-6-9-23(18-22)38-47(42)46-28-17-20(2)12-14-21(28)3/h6-18,28,30H,5H2,1-4H3,(H,39,46)(H,40,43,45);8-15,18-19,21,23,28H,5-7,16-17,20H2,1-4H3,(H,38,39,44);6-18,38H,1-5H3,(H,34,36). The predicted octanol–water partition coefficient (Wildman–Crippen LogP) is 22.4. The summed E-state index contributed by atoms with van der Waals surface area (Å²) in [6.07, 6.45) is 5.60. The Balaban J connectivity index is 0.000000168. The highest BCUT2D eigenvalue weighted by molar-refractivity contribution is 7.82. The zero-order chi connectivity index (χ0) is 101. The van der Waals surface area contributed by atoms with E-state index in [9.17, 15) is 33.0 Å². The number of unbranched alkanes of at least 4 members (excludes halogenated alkanes) is 1. The number of aryl methyl sites for hydroxylation is 5. The van der Waals surface area contributed by atoms with Crippen LogP contribution in [-0.4, -0.2) is 136 Å². The molecule has 0 aliphatic carbocycles. The van der Waals surface area contributed by atoms with Crippen LogP contribution in [0.1, 0.15) is 129 Å². The third kappa shape index (κ3) is 24.4. The molecule has 0 saturated carbocycles. The first-order chi connectivity index (χ1) is 67.8. The number of H-pyrrole nitrogens is 1. The molecule has 7 unspecified atom stereocenters. The zero-order valence-corrected chi connectivity index (χ0v) is 84.1. The minimum Gasteiger partial charge on any atom is -0.497 e. The minimum atomic E-state index is -1.83. The molecule has 4 aromatic heterocycles. The summed E-state index contributed by atoms with van der Waals surface area (Å²) in [7, 11) is 4.64. The maximum Gasteiger partial charge on any atom is 0.316 e. The van der Waals surface area contributed by atoms with Crippen LogP contribution >= 0.6 is 69.6 Å². The number of halogens is 6. The van der Waals surface area contributed by atoms with E-state index in [2.05, 4.69) is 68.5 Å². The van der Waals surface area contributed by atoms with Gasteiger partial charge in [0.05, 0.1) is 70.8 Å². The molecule has 0 radical (unpaired) electrons. The van der Waals surface area contributed by atoms with Gasteiger partial charge >= 0.3 is 17.2 Å². The lowest BCUT2D eigenvalue weighted by Gasteiger charge is -2.32. The molecule has 141 heavy (non-hydrogen) atoms. The summed E-state index contributed by atoms with van der Waals surface area (Å²) in [6.45, 7) is 19.7. The number of fused-ring (bicyclic) bond motifs is 2. The zero-order valence-electron chi connectivity index (χ0n) is 78.8. The Hall–Kier alpha value is -14.3. The van der Waals surface area contributed by atoms with E-state index in [1.807, 2.05) is 165 Å². The van der Waals surface area contributed by atoms with Crippen molar-refractivity contribution >= 4 is 173 Å². The number of amides is 5. The van der Waals surface area contributed by atoms with Crippen LogP contribution in [0.5, 0.6) is 40.4 Å². The average Bonchev–Trinajstić information content (AvgIpc) is 1.59. The highest BCUT2D eigenvalue weighted by Crippen LogP contribution is 2.46. The Labute approximate surface area is 844 Å². The first kappa shape index (κ1) is 103. The smallest absolute Gasteiger partial charge is 0.316 e. The van der Waals surface area contributed by atoms with Crippen molar-refractivity contribution in [1.82, 2.24) is 55.2 Å². The molecule has 0 fully saturated rings. The number of carbonyl (C=O) groups excluding carboxylic acids is 6. The number of benzene rings is 10. The molecule has 2 aliphatic heterocycles. The lowest BCUT2D eigenvalue weighted by molar-refractivity contribution is -0.151. The molecule has 0 saturated heterocycles. The Morgan fingerprint density at radius 3 is 1.93 bits per heavy atom. The van der Waals surface area contributed by atoms with Gasteiger partial charge in [-0.1, -0.05) is 206 Å². The second kappa shape index (κ2) is 46.2. The van der Waals surface area contributed by atoms with Crippen molar-refractivity contribution in [2.24, 2.45) is 31.8 Å². The average molecular weight is 2050 g/mol. The fourth-order valence-electron chi connectivity index (χ4n) is 15.3. The molecular formula is C101H99Cl6N19O14S. The van der Waals surface area contributed by atoms with Gasteiger partial charge in [-0.05, 0) is 222 Å². The van der Waals surface area contributed by atoms with Crippen molar-refractivity contribution < 1.29 is 65.6 Å². The quantitative estimate of drug-likeness (QED) is 0.0145. The van der Waals surface area contributed by atoms with E-state index in [0.717, 1.165) is 61.8 Å². The van der Waals surface area contributed by atoms with Gasteiger partial charge in [0.25, 0.3) is 29.5 Å². The number of hydrogen-bond acceptors (Lipinski definition) is 23. The van der Waals surface area contributed by atoms with Gasteiger partial charge in [-0.3, -0.25) is 43.3 Å². The summed E-state index contributed by atoms with van der Waals surface area (Å²) in [4.78, 5) is 86.5. The normalized spacial score (nSPS) is 14.7. The largest absolute Gasteiger partial charge is 0.497 e. The highest BCUT2D eigenvalue weighted by Gasteiger charge is 2.46. The van der Waals surface area contributed by atoms with Gasteiger partial charge in [-0.2, -0.15) is 29.6 Å². The van der Waals surface area contributed by atoms with Crippen molar-refractivity contribution in [3.8, 4) is 57.5 Å². The van der Waals surface area contributed by atoms with Crippen LogP contribution in [0.25, 0.3) is 33.8 Å². The molecule has 6 heterocycles. The van der Waals surface area contributed by atoms with E-state index in [1.165, 1.54) is 53.0 Å². The fraction of sp³-hybridized carbons (Fsp3) is 0.257. The number of anilines is 4. The van der Waals surface area contributed by atoms with Crippen LogP contribution in [0, 0.1) is 46.0 Å². The number of nitrogens with zero attached hydrogens (tertiary/aromatic N) is 14. The van der Waals surface area contributed by atoms with Crippen LogP contribution in [0.15, 0.2) is 239 Å². The molecule has 16 rings (SSSR count). The highest BCUT2D eigenvalue weighted by atomic mass is 35.5. The lowest BCUT2D eigenvalue weighted by Crippen LogP contribution is -2.46. The van der Waals surface area contributed by atoms with Gasteiger partial charge in [0.1, 0.15) is 34.1 Å². The number of methoxy groups -OCH3 is 3. The summed E-state index contributed by atoms with van der Waals surface area (Å²) in [5.74, 6) is 0.276. The number of rotatable bonds is 33. The van der Waals surface area contributed by atoms with Gasteiger partial charge < -0.3 is 48.6 Å². The first-order valence-corrected chi connectivity index (χ1v) is 48.0. The molecule has 2 aliphatic rings. The number of azo groups is 1. The van der Waals surface area contributed by atoms with Crippen molar-refractivity contribution in [3.63, 3.8) is 0 Å². The number of aromatic nitrogens is 9. The predicted molar refractivity (Wildman–Crippen MR) is 546 cm³/mol. The van der Waals surface area contributed by atoms with Crippen LogP contribution in [-0.2, 0) is 40.0 Å². The topological polar surface area (TPSA) is 383 Å². The van der Waals surface area contributed by atoms with E-state index in [0.29, 0.717) is 111 Å². The second-order valence-electron chi connectivity index (χ2n) is 33.4. The van der Waals surface area contributed by atoms with Gasteiger partial charge in [-0.25, -0.2) is 9.67 Å². The molecule has 730 valence electrons. The summed E-state index contributed by atoms with van der Waals surface area (Å²) < 4.78 is 60.4. The Kier molecular flexibility index (Phi) is 33.6. The fourth-order valence-corrected chi connectivity index (χ4v) is 18.0. The minimum absolute atomic E-state index is 0.0511. The van der Waals surface area contributed by atoms with Crippen molar-refractivity contribution in [1.29, 1.82) is 0 Å². The number of carbonyl (C=O) groups is 6. The van der Waals surface area contributed by atoms with E-state index in [1.54, 1.807) is 97.9 Å². The van der Waals surface area contributed by atoms with Gasteiger partial charge in [0.2, 0.25) is 23.3 Å². The summed E-state index contributed by atoms with van der Waals surface area (Å²) in [5, 5.41) is 49.5. The maximum atomic E-state index is 14.1. The molecule has 0 bridgehead atoms. The molecule has 5 N–H and O–H groups in total. The summed E-state index contributed by atoms with van der Waals surface area (Å²) in [6, 6.07) is 57.9. The molecule has 33 nitrogen and oxygen atoms in total. The molecule has 40 heteroatoms. The number of amidine groups is 2. The monoisotopic (exact) mass is 2040 g/mol. The number of nitrogens with one attached hydrogen (secondary N) is 5. The number of esters is 1. The Morgan fingerprint density at radius 2 is 1.28 bits per heavy atom. The van der Waals surface area contributed by atoms with Crippen LogP contribution < -0.4 is 58.6 Å². The van der Waals surface area contributed by atoms with E-state index in [4.69, 9.17) is 112 Å². The Bertz CT molecular complexity index is 7040. The Morgan fingerprint density at radius 1 is 0.631 bits per heavy atom. The van der Waals surface area contributed by atoms with Gasteiger partial charge in [0.15, 0.2) is 46.8 Å². The van der Waals surface area contributed by atoms with Crippen molar-refractivity contribution in [2.45, 2.75) is 132 Å². The number of aromatic amines is 1.